The molecular formula is C15H16N4S. The van der Waals surface area contributed by atoms with E-state index in [2.05, 4.69) is 38.9 Å². The molecule has 4 nitrogen and oxygen atoms in total. The van der Waals surface area contributed by atoms with E-state index in [4.69, 9.17) is 0 Å². The molecule has 0 atom stereocenters. The number of nitrogens with zero attached hydrogens (tertiary/aromatic N) is 3. The minimum atomic E-state index is 0.697. The van der Waals surface area contributed by atoms with Crippen molar-refractivity contribution in [1.29, 1.82) is 0 Å². The predicted molar refractivity (Wildman–Crippen MR) is 82.8 cm³/mol. The molecular weight excluding hydrogens is 268 g/mol. The lowest BCUT2D eigenvalue weighted by atomic mass is 10.2. The second-order valence-corrected chi connectivity index (χ2v) is 5.41. The average Bonchev–Trinajstić information content (AvgIpc) is 3.15. The summed E-state index contributed by atoms with van der Waals surface area (Å²) in [5.41, 5.74) is 1.20. The van der Waals surface area contributed by atoms with Crippen LogP contribution >= 0.6 is 11.3 Å². The van der Waals surface area contributed by atoms with Crippen LogP contribution in [0.5, 0.6) is 0 Å². The average molecular weight is 284 g/mol. The van der Waals surface area contributed by atoms with Crippen molar-refractivity contribution < 1.29 is 0 Å². The summed E-state index contributed by atoms with van der Waals surface area (Å²) in [5.74, 6) is 1.03. The zero-order valence-corrected chi connectivity index (χ0v) is 12.1. The number of aryl methyl sites for hydroxylation is 1. The summed E-state index contributed by atoms with van der Waals surface area (Å²) in [7, 11) is 0. The van der Waals surface area contributed by atoms with E-state index in [1.54, 1.807) is 11.3 Å². The number of thiazole rings is 1. The fraction of sp³-hybridized carbons (Fsp3) is 0.200. The van der Waals surface area contributed by atoms with Gasteiger partial charge in [0.2, 0.25) is 0 Å². The van der Waals surface area contributed by atoms with Gasteiger partial charge in [-0.3, -0.25) is 0 Å². The van der Waals surface area contributed by atoms with Crippen molar-refractivity contribution in [3.8, 4) is 10.4 Å². The number of nitrogens with one attached hydrogen (secondary N) is 1. The lowest BCUT2D eigenvalue weighted by Crippen LogP contribution is -2.07. The van der Waals surface area contributed by atoms with Gasteiger partial charge in [-0.2, -0.15) is 0 Å². The van der Waals surface area contributed by atoms with Gasteiger partial charge in [0.05, 0.1) is 11.4 Å². The zero-order chi connectivity index (χ0) is 13.8. The highest BCUT2D eigenvalue weighted by molar-refractivity contribution is 7.18. The Balaban J connectivity index is 1.69. The van der Waals surface area contributed by atoms with Crippen LogP contribution in [-0.2, 0) is 13.1 Å². The highest BCUT2D eigenvalue weighted by Crippen LogP contribution is 2.28. The second-order valence-electron chi connectivity index (χ2n) is 4.38. The molecule has 0 spiro atoms. The molecule has 0 radical (unpaired) electrons. The van der Waals surface area contributed by atoms with E-state index in [-0.39, 0.29) is 0 Å². The number of hydrogen-bond acceptors (Lipinski definition) is 4. The van der Waals surface area contributed by atoms with Gasteiger partial charge in [-0.1, -0.05) is 41.7 Å². The predicted octanol–water partition coefficient (Wildman–Crippen LogP) is 3.64. The Morgan fingerprint density at radius 2 is 2.05 bits per heavy atom. The molecule has 0 aliphatic heterocycles. The Kier molecular flexibility index (Phi) is 3.78. The Hall–Kier alpha value is -2.14. The van der Waals surface area contributed by atoms with Gasteiger partial charge in [-0.05, 0) is 12.5 Å². The molecule has 1 aromatic carbocycles. The van der Waals surface area contributed by atoms with Crippen molar-refractivity contribution in [2.75, 3.05) is 5.32 Å². The molecule has 0 saturated heterocycles. The summed E-state index contributed by atoms with van der Waals surface area (Å²) in [6, 6.07) is 10.3. The zero-order valence-electron chi connectivity index (χ0n) is 11.3. The van der Waals surface area contributed by atoms with Crippen LogP contribution in [0, 0.1) is 0 Å². The maximum absolute atomic E-state index is 4.42. The molecule has 0 bridgehead atoms. The maximum atomic E-state index is 4.42. The quantitative estimate of drug-likeness (QED) is 0.778. The van der Waals surface area contributed by atoms with E-state index in [0.29, 0.717) is 6.54 Å². The molecule has 0 amide bonds. The van der Waals surface area contributed by atoms with Crippen molar-refractivity contribution in [1.82, 2.24) is 14.5 Å². The molecule has 0 saturated carbocycles. The van der Waals surface area contributed by atoms with Gasteiger partial charge in [0.15, 0.2) is 5.13 Å². The number of rotatable bonds is 5. The lowest BCUT2D eigenvalue weighted by molar-refractivity contribution is 0.708. The van der Waals surface area contributed by atoms with Gasteiger partial charge in [-0.25, -0.2) is 9.97 Å². The first kappa shape index (κ1) is 12.9. The highest BCUT2D eigenvalue weighted by atomic mass is 32.1. The monoisotopic (exact) mass is 284 g/mol. The first-order valence-corrected chi connectivity index (χ1v) is 7.43. The number of hydrogen-bond donors (Lipinski definition) is 1. The topological polar surface area (TPSA) is 42.7 Å². The van der Waals surface area contributed by atoms with Crippen molar-refractivity contribution in [3.63, 3.8) is 0 Å². The fourth-order valence-electron chi connectivity index (χ4n) is 2.04. The van der Waals surface area contributed by atoms with Gasteiger partial charge < -0.3 is 9.88 Å². The largest absolute Gasteiger partial charge is 0.354 e. The van der Waals surface area contributed by atoms with E-state index in [1.807, 2.05) is 36.8 Å². The summed E-state index contributed by atoms with van der Waals surface area (Å²) >= 11 is 1.66. The van der Waals surface area contributed by atoms with Crippen LogP contribution in [0.15, 0.2) is 48.9 Å². The Bertz CT molecular complexity index is 672. The van der Waals surface area contributed by atoms with E-state index in [9.17, 15) is 0 Å². The van der Waals surface area contributed by atoms with E-state index in [0.717, 1.165) is 17.5 Å². The normalized spacial score (nSPS) is 10.7. The van der Waals surface area contributed by atoms with Crippen molar-refractivity contribution >= 4 is 16.5 Å². The molecule has 5 heteroatoms. The summed E-state index contributed by atoms with van der Waals surface area (Å²) in [4.78, 5) is 9.94. The molecule has 3 rings (SSSR count). The summed E-state index contributed by atoms with van der Waals surface area (Å²) in [6.07, 6.45) is 5.74. The number of imidazole rings is 1. The third kappa shape index (κ3) is 2.72. The van der Waals surface area contributed by atoms with Crippen LogP contribution in [-0.4, -0.2) is 14.5 Å². The third-order valence-corrected chi connectivity index (χ3v) is 4.11. The molecule has 1 N–H and O–H groups in total. The van der Waals surface area contributed by atoms with Crippen LogP contribution in [0.25, 0.3) is 10.4 Å². The minimum absolute atomic E-state index is 0.697. The molecule has 0 aliphatic rings. The van der Waals surface area contributed by atoms with Crippen LogP contribution in [0.2, 0.25) is 0 Å². The molecule has 0 aliphatic carbocycles. The number of benzene rings is 1. The highest BCUT2D eigenvalue weighted by Gasteiger charge is 2.05. The van der Waals surface area contributed by atoms with Crippen LogP contribution in [0.1, 0.15) is 12.7 Å². The van der Waals surface area contributed by atoms with Gasteiger partial charge in [0.25, 0.3) is 0 Å². The first-order chi connectivity index (χ1) is 9.86. The smallest absolute Gasteiger partial charge is 0.183 e. The standard InChI is InChI=1S/C15H16N4S/c1-2-19-9-8-16-14(19)11-18-15-17-10-13(20-15)12-6-4-3-5-7-12/h3-10H,2,11H2,1H3,(H,17,18). The van der Waals surface area contributed by atoms with E-state index in [1.165, 1.54) is 10.4 Å². The molecule has 0 fully saturated rings. The molecule has 0 unspecified atom stereocenters. The number of anilines is 1. The van der Waals surface area contributed by atoms with Crippen LogP contribution in [0.4, 0.5) is 5.13 Å². The molecule has 102 valence electrons. The van der Waals surface area contributed by atoms with Gasteiger partial charge in [-0.15, -0.1) is 0 Å². The molecule has 2 heterocycles. The van der Waals surface area contributed by atoms with E-state index < -0.39 is 0 Å². The third-order valence-electron chi connectivity index (χ3n) is 3.10. The summed E-state index contributed by atoms with van der Waals surface area (Å²) in [5, 5.41) is 4.26. The van der Waals surface area contributed by atoms with Crippen molar-refractivity contribution in [2.45, 2.75) is 20.0 Å². The molecule has 3 aromatic rings. The summed E-state index contributed by atoms with van der Waals surface area (Å²) in [6.45, 7) is 3.74. The molecule has 20 heavy (non-hydrogen) atoms. The van der Waals surface area contributed by atoms with Crippen molar-refractivity contribution in [3.05, 3.63) is 54.7 Å². The Morgan fingerprint density at radius 1 is 1.20 bits per heavy atom. The summed E-state index contributed by atoms with van der Waals surface area (Å²) < 4.78 is 2.12. The Morgan fingerprint density at radius 3 is 2.85 bits per heavy atom. The first-order valence-electron chi connectivity index (χ1n) is 6.62. The SMILES string of the molecule is CCn1ccnc1CNc1ncc(-c2ccccc2)s1. The fourth-order valence-corrected chi connectivity index (χ4v) is 2.86. The maximum Gasteiger partial charge on any atom is 0.183 e. The van der Waals surface area contributed by atoms with Crippen LogP contribution in [0.3, 0.4) is 0 Å². The number of aromatic nitrogens is 3. The van der Waals surface area contributed by atoms with Crippen molar-refractivity contribution in [2.24, 2.45) is 0 Å². The van der Waals surface area contributed by atoms with Gasteiger partial charge in [0.1, 0.15) is 5.82 Å². The van der Waals surface area contributed by atoms with Gasteiger partial charge >= 0.3 is 0 Å². The Labute approximate surface area is 122 Å². The van der Waals surface area contributed by atoms with E-state index >= 15 is 0 Å². The lowest BCUT2D eigenvalue weighted by Gasteiger charge is -2.04. The van der Waals surface area contributed by atoms with Gasteiger partial charge in [0, 0.05) is 25.1 Å². The minimum Gasteiger partial charge on any atom is -0.354 e. The van der Waals surface area contributed by atoms with Crippen LogP contribution < -0.4 is 5.32 Å². The molecule has 2 aromatic heterocycles. The second kappa shape index (κ2) is 5.88.